The van der Waals surface area contributed by atoms with E-state index in [1.54, 1.807) is 4.90 Å². The number of ether oxygens (including phenoxy) is 2. The van der Waals surface area contributed by atoms with Gasteiger partial charge in [-0.15, -0.1) is 0 Å². The van der Waals surface area contributed by atoms with Gasteiger partial charge in [0.1, 0.15) is 22.8 Å². The van der Waals surface area contributed by atoms with Gasteiger partial charge in [0.15, 0.2) is 11.7 Å². The summed E-state index contributed by atoms with van der Waals surface area (Å²) in [6, 6.07) is 13.3. The highest BCUT2D eigenvalue weighted by Crippen LogP contribution is 2.34. The molecule has 0 saturated carbocycles. The number of benzene rings is 2. The summed E-state index contributed by atoms with van der Waals surface area (Å²) in [4.78, 5) is 19.5. The SMILES string of the molecule is CCOc1cccc2sc(N(CCn3nc(C)cc3C)C(=O)COc3ccc(F)cc3)nc12. The Bertz CT molecular complexity index is 1250. The summed E-state index contributed by atoms with van der Waals surface area (Å²) in [7, 11) is 0. The van der Waals surface area contributed by atoms with Crippen LogP contribution in [0.2, 0.25) is 0 Å². The normalized spacial score (nSPS) is 11.0. The fourth-order valence-electron chi connectivity index (χ4n) is 3.48. The topological polar surface area (TPSA) is 69.5 Å². The average Bonchev–Trinajstić information content (AvgIpc) is 3.36. The summed E-state index contributed by atoms with van der Waals surface area (Å²) in [5.41, 5.74) is 2.67. The number of hydrogen-bond donors (Lipinski definition) is 0. The summed E-state index contributed by atoms with van der Waals surface area (Å²) in [5, 5.41) is 5.05. The van der Waals surface area contributed by atoms with Crippen LogP contribution in [0.1, 0.15) is 18.3 Å². The Morgan fingerprint density at radius 2 is 1.94 bits per heavy atom. The fraction of sp³-hybridized carbons (Fsp3) is 0.292. The molecule has 2 aromatic carbocycles. The number of amides is 1. The van der Waals surface area contributed by atoms with E-state index in [0.29, 0.717) is 36.3 Å². The lowest BCUT2D eigenvalue weighted by molar-refractivity contribution is -0.120. The first-order valence-corrected chi connectivity index (χ1v) is 11.5. The van der Waals surface area contributed by atoms with Gasteiger partial charge in [0, 0.05) is 12.2 Å². The molecule has 0 spiro atoms. The molecule has 4 rings (SSSR count). The minimum absolute atomic E-state index is 0.197. The standard InChI is InChI=1S/C24H25FN4O3S/c1-4-31-20-6-5-7-21-23(20)26-24(33-21)28(12-13-29-17(3)14-16(2)27-29)22(30)15-32-19-10-8-18(25)9-11-19/h5-11,14H,4,12-13,15H2,1-3H3. The van der Waals surface area contributed by atoms with Crippen molar-refractivity contribution < 1.29 is 18.7 Å². The molecule has 0 N–H and O–H groups in total. The quantitative estimate of drug-likeness (QED) is 0.354. The summed E-state index contributed by atoms with van der Waals surface area (Å²) in [5.74, 6) is 0.495. The lowest BCUT2D eigenvalue weighted by Gasteiger charge is -2.20. The maximum absolute atomic E-state index is 13.2. The van der Waals surface area contributed by atoms with Crippen molar-refractivity contribution in [3.8, 4) is 11.5 Å². The minimum atomic E-state index is -0.361. The van der Waals surface area contributed by atoms with Gasteiger partial charge < -0.3 is 9.47 Å². The molecule has 0 aliphatic rings. The van der Waals surface area contributed by atoms with Crippen molar-refractivity contribution in [2.75, 3.05) is 24.7 Å². The van der Waals surface area contributed by atoms with Crippen LogP contribution >= 0.6 is 11.3 Å². The Kier molecular flexibility index (Phi) is 6.88. The predicted molar refractivity (Wildman–Crippen MR) is 127 cm³/mol. The van der Waals surface area contributed by atoms with Crippen molar-refractivity contribution in [1.82, 2.24) is 14.8 Å². The van der Waals surface area contributed by atoms with E-state index in [2.05, 4.69) is 5.10 Å². The molecule has 0 aliphatic carbocycles. The number of thiazole rings is 1. The molecule has 33 heavy (non-hydrogen) atoms. The van der Waals surface area contributed by atoms with Crippen molar-refractivity contribution in [3.05, 3.63) is 65.7 Å². The Labute approximate surface area is 195 Å². The van der Waals surface area contributed by atoms with Crippen molar-refractivity contribution in [2.24, 2.45) is 0 Å². The molecule has 0 unspecified atom stereocenters. The van der Waals surface area contributed by atoms with Gasteiger partial charge >= 0.3 is 0 Å². The molecule has 172 valence electrons. The third kappa shape index (κ3) is 5.31. The molecule has 0 saturated heterocycles. The van der Waals surface area contributed by atoms with E-state index in [1.165, 1.54) is 35.6 Å². The lowest BCUT2D eigenvalue weighted by atomic mass is 10.3. The van der Waals surface area contributed by atoms with Gasteiger partial charge in [-0.25, -0.2) is 9.37 Å². The second-order valence-electron chi connectivity index (χ2n) is 7.47. The second kappa shape index (κ2) is 9.99. The summed E-state index contributed by atoms with van der Waals surface area (Å²) >= 11 is 1.42. The second-order valence-corrected chi connectivity index (χ2v) is 8.48. The van der Waals surface area contributed by atoms with Crippen LogP contribution in [-0.4, -0.2) is 40.4 Å². The molecule has 2 heterocycles. The van der Waals surface area contributed by atoms with Crippen molar-refractivity contribution in [2.45, 2.75) is 27.3 Å². The monoisotopic (exact) mass is 468 g/mol. The van der Waals surface area contributed by atoms with Crippen LogP contribution in [0.15, 0.2) is 48.5 Å². The van der Waals surface area contributed by atoms with Crippen LogP contribution in [0.3, 0.4) is 0 Å². The molecule has 0 radical (unpaired) electrons. The highest BCUT2D eigenvalue weighted by molar-refractivity contribution is 7.22. The van der Waals surface area contributed by atoms with Crippen LogP contribution in [0, 0.1) is 19.7 Å². The molecule has 9 heteroatoms. The Morgan fingerprint density at radius 1 is 1.15 bits per heavy atom. The van der Waals surface area contributed by atoms with Crippen molar-refractivity contribution >= 4 is 32.6 Å². The number of hydrogen-bond acceptors (Lipinski definition) is 6. The molecule has 1 amide bonds. The van der Waals surface area contributed by atoms with Crippen LogP contribution < -0.4 is 14.4 Å². The van der Waals surface area contributed by atoms with Crippen LogP contribution in [-0.2, 0) is 11.3 Å². The number of halogens is 1. The van der Waals surface area contributed by atoms with Crippen LogP contribution in [0.4, 0.5) is 9.52 Å². The zero-order valence-electron chi connectivity index (χ0n) is 18.7. The van der Waals surface area contributed by atoms with Gasteiger partial charge in [0.2, 0.25) is 0 Å². The maximum Gasteiger partial charge on any atom is 0.266 e. The van der Waals surface area contributed by atoms with Gasteiger partial charge in [-0.2, -0.15) is 5.10 Å². The van der Waals surface area contributed by atoms with E-state index < -0.39 is 0 Å². The number of anilines is 1. The number of aryl methyl sites for hydroxylation is 2. The zero-order chi connectivity index (χ0) is 23.4. The van der Waals surface area contributed by atoms with E-state index in [1.807, 2.05) is 49.7 Å². The number of rotatable bonds is 9. The first-order chi connectivity index (χ1) is 15.9. The number of carbonyl (C=O) groups excluding carboxylic acids is 1. The van der Waals surface area contributed by atoms with E-state index in [9.17, 15) is 9.18 Å². The third-order valence-electron chi connectivity index (χ3n) is 5.02. The van der Waals surface area contributed by atoms with E-state index in [0.717, 1.165) is 21.6 Å². The number of para-hydroxylation sites is 1. The maximum atomic E-state index is 13.2. The van der Waals surface area contributed by atoms with E-state index >= 15 is 0 Å². The third-order valence-corrected chi connectivity index (χ3v) is 6.06. The van der Waals surface area contributed by atoms with Crippen LogP contribution in [0.25, 0.3) is 10.2 Å². The lowest BCUT2D eigenvalue weighted by Crippen LogP contribution is -2.37. The van der Waals surface area contributed by atoms with Gasteiger partial charge in [-0.05, 0) is 63.2 Å². The highest BCUT2D eigenvalue weighted by atomic mass is 32.1. The van der Waals surface area contributed by atoms with E-state index in [-0.39, 0.29) is 18.3 Å². The van der Waals surface area contributed by atoms with Gasteiger partial charge in [-0.1, -0.05) is 17.4 Å². The summed E-state index contributed by atoms with van der Waals surface area (Å²) in [6.45, 7) is 7.05. The molecule has 0 bridgehead atoms. The molecule has 0 atom stereocenters. The van der Waals surface area contributed by atoms with Crippen molar-refractivity contribution in [1.29, 1.82) is 0 Å². The molecular weight excluding hydrogens is 443 g/mol. The van der Waals surface area contributed by atoms with E-state index in [4.69, 9.17) is 14.5 Å². The first kappa shape index (κ1) is 22.7. The summed E-state index contributed by atoms with van der Waals surface area (Å²) < 4.78 is 27.3. The zero-order valence-corrected chi connectivity index (χ0v) is 19.6. The van der Waals surface area contributed by atoms with Crippen molar-refractivity contribution in [3.63, 3.8) is 0 Å². The van der Waals surface area contributed by atoms with Gasteiger partial charge in [0.25, 0.3) is 5.91 Å². The smallest absolute Gasteiger partial charge is 0.266 e. The number of nitrogens with zero attached hydrogens (tertiary/aromatic N) is 4. The fourth-order valence-corrected chi connectivity index (χ4v) is 4.50. The number of carbonyl (C=O) groups is 1. The largest absolute Gasteiger partial charge is 0.492 e. The Hall–Kier alpha value is -3.46. The Morgan fingerprint density at radius 3 is 2.64 bits per heavy atom. The average molecular weight is 469 g/mol. The Balaban J connectivity index is 1.59. The predicted octanol–water partition coefficient (Wildman–Crippen LogP) is 4.76. The molecular formula is C24H25FN4O3S. The number of aromatic nitrogens is 3. The number of fused-ring (bicyclic) bond motifs is 1. The molecule has 7 nitrogen and oxygen atoms in total. The van der Waals surface area contributed by atoms with Gasteiger partial charge in [-0.3, -0.25) is 14.4 Å². The summed E-state index contributed by atoms with van der Waals surface area (Å²) in [6.07, 6.45) is 0. The minimum Gasteiger partial charge on any atom is -0.492 e. The molecule has 2 aromatic heterocycles. The highest BCUT2D eigenvalue weighted by Gasteiger charge is 2.22. The van der Waals surface area contributed by atoms with Gasteiger partial charge in [0.05, 0.1) is 23.5 Å². The first-order valence-electron chi connectivity index (χ1n) is 10.7. The molecule has 0 fully saturated rings. The molecule has 4 aromatic rings. The molecule has 0 aliphatic heterocycles. The van der Waals surface area contributed by atoms with Crippen LogP contribution in [0.5, 0.6) is 11.5 Å².